The molecule has 0 aromatic heterocycles. The Hall–Kier alpha value is -0.870. The summed E-state index contributed by atoms with van der Waals surface area (Å²) in [6, 6.07) is 6.89. The molecule has 1 heterocycles. The minimum Gasteiger partial charge on any atom is -0.486 e. The van der Waals surface area contributed by atoms with Gasteiger partial charge in [0.25, 0.3) is 0 Å². The fraction of sp³-hybridized carbons (Fsp3) is 0.600. The van der Waals surface area contributed by atoms with Crippen molar-refractivity contribution in [2.24, 2.45) is 5.92 Å². The number of rotatable bonds is 6. The molecule has 0 amide bonds. The molecule has 0 radical (unpaired) electrons. The summed E-state index contributed by atoms with van der Waals surface area (Å²) in [7, 11) is 0. The van der Waals surface area contributed by atoms with E-state index in [1.54, 1.807) is 0 Å². The SMILES string of the molecule is CC(NCCSc1ccc2c(c1)OCCO2)C1CC1. The van der Waals surface area contributed by atoms with Gasteiger partial charge < -0.3 is 14.8 Å². The molecule has 1 atom stereocenters. The van der Waals surface area contributed by atoms with Gasteiger partial charge in [0.2, 0.25) is 0 Å². The van der Waals surface area contributed by atoms with Gasteiger partial charge in [-0.2, -0.15) is 0 Å². The van der Waals surface area contributed by atoms with Crippen LogP contribution in [0.2, 0.25) is 0 Å². The van der Waals surface area contributed by atoms with Crippen molar-refractivity contribution in [1.29, 1.82) is 0 Å². The molecule has 1 aliphatic heterocycles. The maximum Gasteiger partial charge on any atom is 0.162 e. The lowest BCUT2D eigenvalue weighted by Gasteiger charge is -2.18. The molecule has 104 valence electrons. The quantitative estimate of drug-likeness (QED) is 0.640. The molecule has 4 heteroatoms. The van der Waals surface area contributed by atoms with E-state index in [-0.39, 0.29) is 0 Å². The van der Waals surface area contributed by atoms with Gasteiger partial charge in [-0.15, -0.1) is 11.8 Å². The molecular weight excluding hydrogens is 258 g/mol. The zero-order chi connectivity index (χ0) is 13.1. The largest absolute Gasteiger partial charge is 0.486 e. The highest BCUT2D eigenvalue weighted by Crippen LogP contribution is 2.34. The topological polar surface area (TPSA) is 30.5 Å². The summed E-state index contributed by atoms with van der Waals surface area (Å²) in [5.41, 5.74) is 0. The van der Waals surface area contributed by atoms with Gasteiger partial charge in [-0.3, -0.25) is 0 Å². The number of benzene rings is 1. The zero-order valence-electron chi connectivity index (χ0n) is 11.4. The van der Waals surface area contributed by atoms with Gasteiger partial charge in [0, 0.05) is 23.2 Å². The number of ether oxygens (including phenoxy) is 2. The first-order valence-corrected chi connectivity index (χ1v) is 8.07. The van der Waals surface area contributed by atoms with Crippen molar-refractivity contribution in [3.05, 3.63) is 18.2 Å². The van der Waals surface area contributed by atoms with Crippen LogP contribution < -0.4 is 14.8 Å². The molecule has 3 rings (SSSR count). The van der Waals surface area contributed by atoms with Gasteiger partial charge >= 0.3 is 0 Å². The van der Waals surface area contributed by atoms with E-state index >= 15 is 0 Å². The van der Waals surface area contributed by atoms with Crippen molar-refractivity contribution in [1.82, 2.24) is 5.32 Å². The zero-order valence-corrected chi connectivity index (χ0v) is 12.2. The molecule has 0 bridgehead atoms. The molecule has 3 nitrogen and oxygen atoms in total. The predicted octanol–water partition coefficient (Wildman–Crippen LogP) is 2.94. The molecule has 1 aliphatic carbocycles. The second-order valence-electron chi connectivity index (χ2n) is 5.23. The Bertz CT molecular complexity index is 434. The number of hydrogen-bond acceptors (Lipinski definition) is 4. The van der Waals surface area contributed by atoms with Crippen LogP contribution in [0.1, 0.15) is 19.8 Å². The van der Waals surface area contributed by atoms with E-state index in [1.165, 1.54) is 17.7 Å². The van der Waals surface area contributed by atoms with Crippen LogP contribution in [-0.4, -0.2) is 31.6 Å². The third kappa shape index (κ3) is 3.57. The summed E-state index contributed by atoms with van der Waals surface area (Å²) in [5, 5.41) is 3.60. The molecule has 0 spiro atoms. The Morgan fingerprint density at radius 3 is 2.84 bits per heavy atom. The van der Waals surface area contributed by atoms with Crippen LogP contribution in [0.15, 0.2) is 23.1 Å². The summed E-state index contributed by atoms with van der Waals surface area (Å²) in [5.74, 6) is 3.78. The molecule has 1 saturated carbocycles. The van der Waals surface area contributed by atoms with Crippen molar-refractivity contribution in [3.8, 4) is 11.5 Å². The van der Waals surface area contributed by atoms with Gasteiger partial charge in [-0.1, -0.05) is 0 Å². The van der Waals surface area contributed by atoms with Crippen molar-refractivity contribution < 1.29 is 9.47 Å². The molecular formula is C15H21NO2S. The number of hydrogen-bond donors (Lipinski definition) is 1. The monoisotopic (exact) mass is 279 g/mol. The molecule has 1 aromatic carbocycles. The Labute approximate surface area is 119 Å². The minimum absolute atomic E-state index is 0.654. The van der Waals surface area contributed by atoms with Crippen LogP contribution in [0.4, 0.5) is 0 Å². The third-order valence-electron chi connectivity index (χ3n) is 3.68. The van der Waals surface area contributed by atoms with Gasteiger partial charge in [0.05, 0.1) is 0 Å². The molecule has 1 unspecified atom stereocenters. The average molecular weight is 279 g/mol. The van der Waals surface area contributed by atoms with Crippen molar-refractivity contribution >= 4 is 11.8 Å². The van der Waals surface area contributed by atoms with Crippen molar-refractivity contribution in [2.45, 2.75) is 30.7 Å². The Kier molecular flexibility index (Phi) is 4.18. The van der Waals surface area contributed by atoms with Crippen LogP contribution >= 0.6 is 11.8 Å². The Morgan fingerprint density at radius 2 is 2.05 bits per heavy atom. The van der Waals surface area contributed by atoms with Crippen molar-refractivity contribution in [2.75, 3.05) is 25.5 Å². The number of thioether (sulfide) groups is 1. The second kappa shape index (κ2) is 6.06. The highest BCUT2D eigenvalue weighted by Gasteiger charge is 2.27. The van der Waals surface area contributed by atoms with Gasteiger partial charge in [-0.25, -0.2) is 0 Å². The smallest absolute Gasteiger partial charge is 0.162 e. The minimum atomic E-state index is 0.654. The van der Waals surface area contributed by atoms with Gasteiger partial charge in [0.15, 0.2) is 11.5 Å². The summed E-state index contributed by atoms with van der Waals surface area (Å²) in [6.45, 7) is 4.67. The van der Waals surface area contributed by atoms with Crippen LogP contribution in [-0.2, 0) is 0 Å². The summed E-state index contributed by atoms with van der Waals surface area (Å²) in [6.07, 6.45) is 2.81. The first-order valence-electron chi connectivity index (χ1n) is 7.09. The maximum atomic E-state index is 5.59. The summed E-state index contributed by atoms with van der Waals surface area (Å²) < 4.78 is 11.1. The first kappa shape index (κ1) is 13.1. The van der Waals surface area contributed by atoms with Crippen LogP contribution in [0.3, 0.4) is 0 Å². The molecule has 2 aliphatic rings. The second-order valence-corrected chi connectivity index (χ2v) is 6.40. The summed E-state index contributed by atoms with van der Waals surface area (Å²) >= 11 is 1.87. The molecule has 1 aromatic rings. The lowest BCUT2D eigenvalue weighted by atomic mass is 10.2. The van der Waals surface area contributed by atoms with E-state index < -0.39 is 0 Å². The fourth-order valence-corrected chi connectivity index (χ4v) is 3.14. The predicted molar refractivity (Wildman–Crippen MR) is 78.3 cm³/mol. The van der Waals surface area contributed by atoms with Crippen LogP contribution in [0, 0.1) is 5.92 Å². The van der Waals surface area contributed by atoms with E-state index in [2.05, 4.69) is 24.4 Å². The third-order valence-corrected chi connectivity index (χ3v) is 4.68. The lowest BCUT2D eigenvalue weighted by Crippen LogP contribution is -2.29. The van der Waals surface area contributed by atoms with Gasteiger partial charge in [0.1, 0.15) is 13.2 Å². The number of fused-ring (bicyclic) bond motifs is 1. The highest BCUT2D eigenvalue weighted by molar-refractivity contribution is 7.99. The Morgan fingerprint density at radius 1 is 1.26 bits per heavy atom. The fourth-order valence-electron chi connectivity index (χ4n) is 2.33. The molecule has 1 N–H and O–H groups in total. The van der Waals surface area contributed by atoms with Crippen LogP contribution in [0.25, 0.3) is 0 Å². The maximum absolute atomic E-state index is 5.59. The molecule has 19 heavy (non-hydrogen) atoms. The van der Waals surface area contributed by atoms with E-state index in [0.717, 1.165) is 29.7 Å². The Balaban J connectivity index is 1.44. The van der Waals surface area contributed by atoms with E-state index in [4.69, 9.17) is 9.47 Å². The van der Waals surface area contributed by atoms with E-state index in [9.17, 15) is 0 Å². The van der Waals surface area contributed by atoms with Gasteiger partial charge in [-0.05, 0) is 43.9 Å². The normalized spacial score (nSPS) is 19.2. The standard InChI is InChI=1S/C15H21NO2S/c1-11(12-2-3-12)16-6-9-19-13-4-5-14-15(10-13)18-8-7-17-14/h4-5,10-12,16H,2-3,6-9H2,1H3. The van der Waals surface area contributed by atoms with E-state index in [0.29, 0.717) is 19.3 Å². The van der Waals surface area contributed by atoms with Crippen molar-refractivity contribution in [3.63, 3.8) is 0 Å². The summed E-state index contributed by atoms with van der Waals surface area (Å²) in [4.78, 5) is 1.25. The van der Waals surface area contributed by atoms with E-state index in [1.807, 2.05) is 17.8 Å². The highest BCUT2D eigenvalue weighted by atomic mass is 32.2. The average Bonchev–Trinajstić information content (AvgIpc) is 3.28. The lowest BCUT2D eigenvalue weighted by molar-refractivity contribution is 0.171. The molecule has 0 saturated heterocycles. The molecule has 1 fully saturated rings. The first-order chi connectivity index (χ1) is 9.33. The van der Waals surface area contributed by atoms with Crippen LogP contribution in [0.5, 0.6) is 11.5 Å². The number of nitrogens with one attached hydrogen (secondary N) is 1.